The maximum atomic E-state index is 12.8. The van der Waals surface area contributed by atoms with E-state index in [0.717, 1.165) is 31.3 Å². The van der Waals surface area contributed by atoms with Gasteiger partial charge in [-0.2, -0.15) is 0 Å². The van der Waals surface area contributed by atoms with Gasteiger partial charge in [0, 0.05) is 0 Å². The number of hydrogen-bond acceptors (Lipinski definition) is 5. The molecule has 0 aliphatic heterocycles. The fourth-order valence-corrected chi connectivity index (χ4v) is 7.29. The molecule has 192 valence electrons. The van der Waals surface area contributed by atoms with E-state index in [9.17, 15) is 18.6 Å². The second-order valence-corrected chi connectivity index (χ2v) is 14.4. The number of methoxy groups -OCH3 is 1. The van der Waals surface area contributed by atoms with Gasteiger partial charge in [0.25, 0.3) is 0 Å². The molecular formula is C28H44O5S. The van der Waals surface area contributed by atoms with Crippen molar-refractivity contribution in [2.24, 2.45) is 17.3 Å². The smallest absolute Gasteiger partial charge is 0.215 e. The summed E-state index contributed by atoms with van der Waals surface area (Å²) in [6.45, 7) is 9.66. The van der Waals surface area contributed by atoms with Crippen molar-refractivity contribution in [3.8, 4) is 0 Å². The molecule has 2 fully saturated rings. The van der Waals surface area contributed by atoms with Crippen molar-refractivity contribution in [2.45, 2.75) is 103 Å². The molecule has 3 rings (SSSR count). The van der Waals surface area contributed by atoms with Crippen LogP contribution in [-0.4, -0.2) is 42.7 Å². The third-order valence-corrected chi connectivity index (χ3v) is 10.6. The van der Waals surface area contributed by atoms with Crippen LogP contribution >= 0.6 is 0 Å². The largest absolute Gasteiger partial charge is 0.487 e. The predicted octanol–water partition coefficient (Wildman–Crippen LogP) is 5.61. The van der Waals surface area contributed by atoms with E-state index in [1.807, 2.05) is 0 Å². The Hall–Kier alpha value is -1.37. The number of sulfone groups is 1. The summed E-state index contributed by atoms with van der Waals surface area (Å²) < 4.78 is 30.1. The number of hydrogen-bond donors (Lipinski definition) is 2. The minimum Gasteiger partial charge on any atom is -0.487 e. The Morgan fingerprint density at radius 3 is 2.47 bits per heavy atom. The monoisotopic (exact) mass is 492 g/mol. The standard InChI is InChI=1S/C28H44O5S/c1-19(9-14-26(33-6)34(31,32)27(2,3)4)24-12-13-25-21(8-7-15-28(24,25)5)11-10-20-16-22(29)18-23(30)17-20/h10-12,14,19,22-23,25,29-30H,7-9,13,15-18H2,1-6H3/b20-10?,21-11+,26-14-/t19-,22?,23?,25+,28-/m1/s1. The average Bonchev–Trinajstić information content (AvgIpc) is 3.08. The Morgan fingerprint density at radius 1 is 1.24 bits per heavy atom. The van der Waals surface area contributed by atoms with Gasteiger partial charge in [-0.15, -0.1) is 0 Å². The number of rotatable bonds is 6. The first-order chi connectivity index (χ1) is 15.8. The Labute approximate surface area is 206 Å². The maximum absolute atomic E-state index is 12.8. The van der Waals surface area contributed by atoms with E-state index in [2.05, 4.69) is 32.1 Å². The summed E-state index contributed by atoms with van der Waals surface area (Å²) in [5.74, 6) is 0.690. The summed E-state index contributed by atoms with van der Waals surface area (Å²) in [5.41, 5.74) is 4.09. The van der Waals surface area contributed by atoms with Crippen LogP contribution in [-0.2, 0) is 14.6 Å². The molecular weight excluding hydrogens is 448 g/mol. The summed E-state index contributed by atoms with van der Waals surface area (Å²) in [5, 5.41) is 20.1. The fourth-order valence-electron chi connectivity index (χ4n) is 6.15. The molecule has 3 aliphatic rings. The molecule has 5 atom stereocenters. The summed E-state index contributed by atoms with van der Waals surface area (Å²) in [4.78, 5) is 0. The zero-order valence-corrected chi connectivity index (χ0v) is 22.6. The number of allylic oxidation sites excluding steroid dienone is 6. The fraction of sp³-hybridized carbons (Fsp3) is 0.714. The van der Waals surface area contributed by atoms with Crippen molar-refractivity contribution in [1.82, 2.24) is 0 Å². The van der Waals surface area contributed by atoms with E-state index in [1.54, 1.807) is 26.8 Å². The summed E-state index contributed by atoms with van der Waals surface area (Å²) in [6.07, 6.45) is 14.4. The zero-order valence-electron chi connectivity index (χ0n) is 21.8. The normalized spacial score (nSPS) is 32.9. The third kappa shape index (κ3) is 5.55. The molecule has 2 N–H and O–H groups in total. The van der Waals surface area contributed by atoms with Gasteiger partial charge >= 0.3 is 0 Å². The average molecular weight is 493 g/mol. The van der Waals surface area contributed by atoms with Crippen LogP contribution in [0.1, 0.15) is 86.0 Å². The lowest BCUT2D eigenvalue weighted by molar-refractivity contribution is 0.0609. The highest BCUT2D eigenvalue weighted by Crippen LogP contribution is 2.57. The Kier molecular flexibility index (Phi) is 8.26. The van der Waals surface area contributed by atoms with Crippen molar-refractivity contribution in [3.05, 3.63) is 46.1 Å². The van der Waals surface area contributed by atoms with Crippen LogP contribution in [0, 0.1) is 17.3 Å². The van der Waals surface area contributed by atoms with Gasteiger partial charge in [0.2, 0.25) is 14.9 Å². The van der Waals surface area contributed by atoms with Crippen LogP contribution in [0.2, 0.25) is 0 Å². The minimum absolute atomic E-state index is 0.0693. The first-order valence-electron chi connectivity index (χ1n) is 12.7. The van der Waals surface area contributed by atoms with E-state index in [1.165, 1.54) is 18.3 Å². The van der Waals surface area contributed by atoms with Crippen molar-refractivity contribution in [3.63, 3.8) is 0 Å². The highest BCUT2D eigenvalue weighted by molar-refractivity contribution is 7.96. The van der Waals surface area contributed by atoms with Crippen LogP contribution < -0.4 is 0 Å². The van der Waals surface area contributed by atoms with E-state index in [0.29, 0.717) is 31.6 Å². The Bertz CT molecular complexity index is 967. The summed E-state index contributed by atoms with van der Waals surface area (Å²) in [6, 6.07) is 0. The Balaban J connectivity index is 1.76. The molecule has 34 heavy (non-hydrogen) atoms. The molecule has 3 aliphatic carbocycles. The molecule has 2 unspecified atom stereocenters. The van der Waals surface area contributed by atoms with E-state index < -0.39 is 26.8 Å². The molecule has 0 bridgehead atoms. The first kappa shape index (κ1) is 27.2. The molecule has 0 heterocycles. The van der Waals surface area contributed by atoms with Crippen molar-refractivity contribution >= 4 is 9.84 Å². The summed E-state index contributed by atoms with van der Waals surface area (Å²) >= 11 is 0. The van der Waals surface area contributed by atoms with E-state index in [-0.39, 0.29) is 16.4 Å². The maximum Gasteiger partial charge on any atom is 0.215 e. The minimum atomic E-state index is -3.51. The molecule has 0 aromatic heterocycles. The molecule has 0 aromatic rings. The highest BCUT2D eigenvalue weighted by Gasteiger charge is 2.46. The van der Waals surface area contributed by atoms with Gasteiger partial charge < -0.3 is 14.9 Å². The number of fused-ring (bicyclic) bond motifs is 1. The van der Waals surface area contributed by atoms with Crippen molar-refractivity contribution in [2.75, 3.05) is 7.11 Å². The van der Waals surface area contributed by atoms with Gasteiger partial charge in [-0.3, -0.25) is 0 Å². The lowest BCUT2D eigenvalue weighted by Gasteiger charge is -2.42. The summed E-state index contributed by atoms with van der Waals surface area (Å²) in [7, 11) is -2.08. The molecule has 2 saturated carbocycles. The van der Waals surface area contributed by atoms with Crippen LogP contribution in [0.3, 0.4) is 0 Å². The van der Waals surface area contributed by atoms with Gasteiger partial charge in [0.05, 0.1) is 24.1 Å². The van der Waals surface area contributed by atoms with E-state index in [4.69, 9.17) is 4.74 Å². The lowest BCUT2D eigenvalue weighted by atomic mass is 9.62. The molecule has 0 saturated heterocycles. The first-order valence-corrected chi connectivity index (χ1v) is 14.2. The lowest BCUT2D eigenvalue weighted by Crippen LogP contribution is -2.32. The van der Waals surface area contributed by atoms with Gasteiger partial charge in [0.15, 0.2) is 0 Å². The second-order valence-electron chi connectivity index (χ2n) is 11.7. The molecule has 0 aromatic carbocycles. The molecule has 0 amide bonds. The van der Waals surface area contributed by atoms with Crippen LogP contribution in [0.25, 0.3) is 0 Å². The molecule has 6 heteroatoms. The van der Waals surface area contributed by atoms with Gasteiger partial charge in [-0.05, 0) is 95.5 Å². The van der Waals surface area contributed by atoms with Gasteiger partial charge in [0.1, 0.15) is 0 Å². The van der Waals surface area contributed by atoms with Crippen molar-refractivity contribution in [1.29, 1.82) is 0 Å². The molecule has 0 radical (unpaired) electrons. The third-order valence-electron chi connectivity index (χ3n) is 8.13. The quantitative estimate of drug-likeness (QED) is 0.372. The molecule has 0 spiro atoms. The number of aliphatic hydroxyl groups excluding tert-OH is 2. The zero-order chi connectivity index (χ0) is 25.3. The Morgan fingerprint density at radius 2 is 1.88 bits per heavy atom. The number of aliphatic hydroxyl groups is 2. The highest BCUT2D eigenvalue weighted by atomic mass is 32.2. The van der Waals surface area contributed by atoms with Crippen molar-refractivity contribution < 1.29 is 23.4 Å². The van der Waals surface area contributed by atoms with E-state index >= 15 is 0 Å². The molecule has 5 nitrogen and oxygen atoms in total. The number of ether oxygens (including phenoxy) is 1. The SMILES string of the molecule is CO/C(=C/C[C@@H](C)C1=CC[C@H]2/C(=C/C=C3CC(O)CC(O)C3)CCC[C@]12C)S(=O)(=O)C(C)(C)C. The van der Waals surface area contributed by atoms with Gasteiger partial charge in [-0.25, -0.2) is 8.42 Å². The van der Waals surface area contributed by atoms with Crippen LogP contribution in [0.4, 0.5) is 0 Å². The van der Waals surface area contributed by atoms with Crippen LogP contribution in [0.15, 0.2) is 46.1 Å². The van der Waals surface area contributed by atoms with Crippen LogP contribution in [0.5, 0.6) is 0 Å². The predicted molar refractivity (Wildman–Crippen MR) is 138 cm³/mol. The van der Waals surface area contributed by atoms with Gasteiger partial charge in [-0.1, -0.05) is 48.8 Å². The topological polar surface area (TPSA) is 83.8 Å². The second kappa shape index (κ2) is 10.3.